The van der Waals surface area contributed by atoms with E-state index in [4.69, 9.17) is 19.7 Å². The zero-order valence-electron chi connectivity index (χ0n) is 7.20. The number of ether oxygens (including phenoxy) is 2. The molecule has 1 rings (SSSR count). The number of rotatable bonds is 2. The fourth-order valence-corrected chi connectivity index (χ4v) is 1.35. The molecule has 6 heteroatoms. The first-order chi connectivity index (χ1) is 6.11. The molecule has 0 aromatic carbocycles. The summed E-state index contributed by atoms with van der Waals surface area (Å²) in [7, 11) is 1.30. The Hall–Kier alpha value is -0.240. The zero-order valence-corrected chi connectivity index (χ0v) is 7.20. The molecule has 1 saturated heterocycles. The van der Waals surface area contributed by atoms with Gasteiger partial charge in [0.15, 0.2) is 6.29 Å². The van der Waals surface area contributed by atoms with Gasteiger partial charge < -0.3 is 29.9 Å². The van der Waals surface area contributed by atoms with E-state index < -0.39 is 37.3 Å². The molecule has 0 amide bonds. The first kappa shape index (κ1) is 10.8. The average Bonchev–Trinajstić information content (AvgIpc) is 2.12. The first-order valence-corrected chi connectivity index (χ1v) is 3.95. The van der Waals surface area contributed by atoms with Crippen LogP contribution in [0, 0.1) is 0 Å². The van der Waals surface area contributed by atoms with E-state index >= 15 is 0 Å². The molecule has 0 aliphatic carbocycles. The number of aliphatic hydroxyl groups is 4. The monoisotopic (exact) mass is 194 g/mol. The number of hydrogen-bond donors (Lipinski definition) is 4. The Morgan fingerprint density at radius 1 is 1.23 bits per heavy atom. The van der Waals surface area contributed by atoms with Crippen molar-refractivity contribution in [3.05, 3.63) is 0 Å². The van der Waals surface area contributed by atoms with Gasteiger partial charge in [-0.3, -0.25) is 0 Å². The van der Waals surface area contributed by atoms with Crippen LogP contribution in [0.15, 0.2) is 0 Å². The van der Waals surface area contributed by atoms with Crippen LogP contribution in [0.4, 0.5) is 0 Å². The van der Waals surface area contributed by atoms with Gasteiger partial charge in [0.2, 0.25) is 0 Å². The third-order valence-corrected chi connectivity index (χ3v) is 2.11. The summed E-state index contributed by atoms with van der Waals surface area (Å²) in [5, 5.41) is 36.6. The zero-order chi connectivity index (χ0) is 10.0. The van der Waals surface area contributed by atoms with Crippen LogP contribution in [-0.2, 0) is 9.47 Å². The largest absolute Gasteiger partial charge is 0.394 e. The predicted octanol–water partition coefficient (Wildman–Crippen LogP) is -2.57. The van der Waals surface area contributed by atoms with Crippen LogP contribution < -0.4 is 0 Å². The topological polar surface area (TPSA) is 99.4 Å². The van der Waals surface area contributed by atoms with Crippen LogP contribution in [0.2, 0.25) is 0 Å². The van der Waals surface area contributed by atoms with Gasteiger partial charge in [-0.2, -0.15) is 0 Å². The third kappa shape index (κ3) is 1.98. The fraction of sp³-hybridized carbons (Fsp3) is 1.00. The summed E-state index contributed by atoms with van der Waals surface area (Å²) in [6.07, 6.45) is -5.76. The molecule has 3 unspecified atom stereocenters. The highest BCUT2D eigenvalue weighted by atomic mass is 16.6. The molecule has 1 heterocycles. The van der Waals surface area contributed by atoms with Crippen LogP contribution in [0.1, 0.15) is 0 Å². The number of hydrogen-bond acceptors (Lipinski definition) is 6. The Labute approximate surface area is 75.3 Å². The maximum Gasteiger partial charge on any atom is 0.184 e. The minimum absolute atomic E-state index is 0.440. The van der Waals surface area contributed by atoms with Gasteiger partial charge in [0, 0.05) is 7.11 Å². The average molecular weight is 194 g/mol. The molecule has 0 radical (unpaired) electrons. The highest BCUT2D eigenvalue weighted by Gasteiger charge is 2.43. The van der Waals surface area contributed by atoms with E-state index in [1.54, 1.807) is 0 Å². The molecule has 78 valence electrons. The van der Waals surface area contributed by atoms with Gasteiger partial charge in [-0.25, -0.2) is 0 Å². The fourth-order valence-electron chi connectivity index (χ4n) is 1.35. The summed E-state index contributed by atoms with van der Waals surface area (Å²) in [6, 6.07) is 0. The molecule has 0 bridgehead atoms. The highest BCUT2D eigenvalue weighted by Crippen LogP contribution is 2.21. The second kappa shape index (κ2) is 4.32. The van der Waals surface area contributed by atoms with Crippen molar-refractivity contribution in [1.29, 1.82) is 0 Å². The molecule has 13 heavy (non-hydrogen) atoms. The minimum Gasteiger partial charge on any atom is -0.394 e. The standard InChI is InChI=1S/C7H14O6/c1-12-6-4(9)3(2-8)13-7(11)5(6)10/h3-11H,2H2,1H3/t3?,4-,5+,6?,7?/m1/s1. The molecular formula is C7H14O6. The Kier molecular flexibility index (Phi) is 3.60. The van der Waals surface area contributed by atoms with Crippen molar-refractivity contribution < 1.29 is 29.9 Å². The summed E-state index contributed by atoms with van der Waals surface area (Å²) in [5.41, 5.74) is 0. The van der Waals surface area contributed by atoms with E-state index in [1.807, 2.05) is 0 Å². The Bertz CT molecular complexity index is 163. The molecule has 0 aromatic heterocycles. The van der Waals surface area contributed by atoms with Crippen LogP contribution in [0.3, 0.4) is 0 Å². The maximum atomic E-state index is 9.44. The number of aliphatic hydroxyl groups excluding tert-OH is 4. The van der Waals surface area contributed by atoms with Crippen molar-refractivity contribution in [3.63, 3.8) is 0 Å². The van der Waals surface area contributed by atoms with Gasteiger partial charge in [0.1, 0.15) is 24.4 Å². The molecule has 1 aliphatic rings. The predicted molar refractivity (Wildman–Crippen MR) is 40.8 cm³/mol. The SMILES string of the molecule is COC1[C@H](O)C(O)OC(CO)[C@H]1O. The second-order valence-corrected chi connectivity index (χ2v) is 2.93. The van der Waals surface area contributed by atoms with Crippen LogP contribution in [-0.4, -0.2) is 64.8 Å². The Morgan fingerprint density at radius 3 is 2.31 bits per heavy atom. The van der Waals surface area contributed by atoms with Crippen molar-refractivity contribution in [2.24, 2.45) is 0 Å². The summed E-state index contributed by atoms with van der Waals surface area (Å²) in [5.74, 6) is 0. The molecule has 1 aliphatic heterocycles. The third-order valence-electron chi connectivity index (χ3n) is 2.11. The van der Waals surface area contributed by atoms with E-state index in [-0.39, 0.29) is 0 Å². The van der Waals surface area contributed by atoms with Crippen molar-refractivity contribution in [1.82, 2.24) is 0 Å². The van der Waals surface area contributed by atoms with Crippen molar-refractivity contribution in [2.75, 3.05) is 13.7 Å². The first-order valence-electron chi connectivity index (χ1n) is 3.95. The van der Waals surface area contributed by atoms with Gasteiger partial charge in [0.05, 0.1) is 6.61 Å². The molecule has 0 saturated carbocycles. The highest BCUT2D eigenvalue weighted by molar-refractivity contribution is 4.89. The van der Waals surface area contributed by atoms with E-state index in [0.717, 1.165) is 0 Å². The lowest BCUT2D eigenvalue weighted by Gasteiger charge is -2.39. The molecule has 6 nitrogen and oxygen atoms in total. The van der Waals surface area contributed by atoms with E-state index in [1.165, 1.54) is 7.11 Å². The maximum absolute atomic E-state index is 9.44. The minimum atomic E-state index is -1.44. The van der Waals surface area contributed by atoms with Crippen molar-refractivity contribution >= 4 is 0 Å². The van der Waals surface area contributed by atoms with Crippen molar-refractivity contribution in [3.8, 4) is 0 Å². The van der Waals surface area contributed by atoms with E-state index in [2.05, 4.69) is 0 Å². The summed E-state index contributed by atoms with van der Waals surface area (Å²) >= 11 is 0. The summed E-state index contributed by atoms with van der Waals surface area (Å²) in [4.78, 5) is 0. The van der Waals surface area contributed by atoms with Gasteiger partial charge in [0.25, 0.3) is 0 Å². The van der Waals surface area contributed by atoms with Gasteiger partial charge in [-0.05, 0) is 0 Å². The van der Waals surface area contributed by atoms with Gasteiger partial charge in [-0.15, -0.1) is 0 Å². The van der Waals surface area contributed by atoms with Gasteiger partial charge in [-0.1, -0.05) is 0 Å². The summed E-state index contributed by atoms with van der Waals surface area (Å²) < 4.78 is 9.48. The Balaban J connectivity index is 2.69. The lowest BCUT2D eigenvalue weighted by molar-refractivity contribution is -0.290. The Morgan fingerprint density at radius 2 is 1.85 bits per heavy atom. The smallest absolute Gasteiger partial charge is 0.184 e. The van der Waals surface area contributed by atoms with Crippen LogP contribution >= 0.6 is 0 Å². The number of methoxy groups -OCH3 is 1. The molecule has 5 atom stereocenters. The molecule has 4 N–H and O–H groups in total. The molecular weight excluding hydrogens is 180 g/mol. The molecule has 1 fully saturated rings. The van der Waals surface area contributed by atoms with Gasteiger partial charge >= 0.3 is 0 Å². The quantitative estimate of drug-likeness (QED) is 0.386. The molecule has 0 aromatic rings. The molecule has 0 spiro atoms. The van der Waals surface area contributed by atoms with E-state index in [9.17, 15) is 10.2 Å². The van der Waals surface area contributed by atoms with E-state index in [0.29, 0.717) is 0 Å². The van der Waals surface area contributed by atoms with Crippen LogP contribution in [0.25, 0.3) is 0 Å². The van der Waals surface area contributed by atoms with Crippen molar-refractivity contribution in [2.45, 2.75) is 30.7 Å². The lowest BCUT2D eigenvalue weighted by atomic mass is 9.99. The normalized spacial score (nSPS) is 46.4. The van der Waals surface area contributed by atoms with Crippen LogP contribution in [0.5, 0.6) is 0 Å². The lowest BCUT2D eigenvalue weighted by Crippen LogP contribution is -2.59. The summed E-state index contributed by atoms with van der Waals surface area (Å²) in [6.45, 7) is -0.440. The second-order valence-electron chi connectivity index (χ2n) is 2.93.